The van der Waals surface area contributed by atoms with E-state index in [1.54, 1.807) is 12.1 Å². The predicted octanol–water partition coefficient (Wildman–Crippen LogP) is 4.45. The lowest BCUT2D eigenvalue weighted by atomic mass is 10.1. The lowest BCUT2D eigenvalue weighted by Gasteiger charge is -2.37. The summed E-state index contributed by atoms with van der Waals surface area (Å²) in [5.74, 6) is 0. The van der Waals surface area contributed by atoms with Crippen LogP contribution in [0.15, 0.2) is 36.4 Å². The molecule has 4 nitrogen and oxygen atoms in total. The molecule has 1 aromatic carbocycles. The van der Waals surface area contributed by atoms with Crippen LogP contribution >= 0.6 is 11.6 Å². The third-order valence-corrected chi connectivity index (χ3v) is 4.51. The molecule has 0 radical (unpaired) electrons. The molecule has 3 rings (SSSR count). The van der Waals surface area contributed by atoms with Crippen LogP contribution in [0.3, 0.4) is 0 Å². The fraction of sp³-hybridized carbons (Fsp3) is 0.353. The molecule has 0 aliphatic carbocycles. The molecule has 1 aromatic heterocycles. The third kappa shape index (κ3) is 2.71. The van der Waals surface area contributed by atoms with Gasteiger partial charge in [-0.2, -0.15) is 0 Å². The summed E-state index contributed by atoms with van der Waals surface area (Å²) in [6.07, 6.45) is 0.900. The van der Waals surface area contributed by atoms with Gasteiger partial charge >= 0.3 is 6.03 Å². The van der Waals surface area contributed by atoms with Crippen molar-refractivity contribution in [3.05, 3.63) is 52.8 Å². The molecular formula is C17H20ClN3O. The van der Waals surface area contributed by atoms with Crippen LogP contribution in [-0.4, -0.2) is 22.0 Å². The van der Waals surface area contributed by atoms with Gasteiger partial charge in [-0.25, -0.2) is 4.79 Å². The Morgan fingerprint density at radius 3 is 2.64 bits per heavy atom. The number of carbonyl (C=O) groups excluding carboxylic acids is 1. The maximum Gasteiger partial charge on any atom is 0.322 e. The first-order valence-corrected chi connectivity index (χ1v) is 7.97. The fourth-order valence-corrected chi connectivity index (χ4v) is 3.24. The van der Waals surface area contributed by atoms with E-state index in [1.807, 2.05) is 17.0 Å². The zero-order valence-corrected chi connectivity index (χ0v) is 13.6. The second-order valence-electron chi connectivity index (χ2n) is 5.61. The first-order valence-electron chi connectivity index (χ1n) is 7.59. The Balaban J connectivity index is 1.79. The Labute approximate surface area is 135 Å². The summed E-state index contributed by atoms with van der Waals surface area (Å²) >= 11 is 5.88. The van der Waals surface area contributed by atoms with Gasteiger partial charge in [-0.3, -0.25) is 0 Å². The molecule has 1 aliphatic rings. The van der Waals surface area contributed by atoms with E-state index in [0.717, 1.165) is 25.2 Å². The second-order valence-corrected chi connectivity index (χ2v) is 6.04. The molecule has 1 atom stereocenters. The van der Waals surface area contributed by atoms with Crippen molar-refractivity contribution in [1.29, 1.82) is 0 Å². The van der Waals surface area contributed by atoms with Crippen molar-refractivity contribution in [1.82, 2.24) is 9.47 Å². The second kappa shape index (κ2) is 6.05. The predicted molar refractivity (Wildman–Crippen MR) is 89.4 cm³/mol. The quantitative estimate of drug-likeness (QED) is 0.873. The molecule has 0 saturated heterocycles. The Morgan fingerprint density at radius 1 is 1.23 bits per heavy atom. The smallest absolute Gasteiger partial charge is 0.322 e. The molecule has 0 fully saturated rings. The van der Waals surface area contributed by atoms with Crippen LogP contribution in [0.2, 0.25) is 5.02 Å². The van der Waals surface area contributed by atoms with Crippen molar-refractivity contribution in [3.63, 3.8) is 0 Å². The van der Waals surface area contributed by atoms with Crippen LogP contribution in [0.25, 0.3) is 0 Å². The number of aromatic nitrogens is 1. The number of carbonyl (C=O) groups is 1. The number of rotatable bonds is 2. The number of nitrogens with one attached hydrogen (secondary N) is 1. The average Bonchev–Trinajstić information content (AvgIpc) is 2.90. The fourth-order valence-electron chi connectivity index (χ4n) is 3.11. The van der Waals surface area contributed by atoms with Gasteiger partial charge in [0.1, 0.15) is 0 Å². The van der Waals surface area contributed by atoms with Crippen molar-refractivity contribution in [3.8, 4) is 0 Å². The van der Waals surface area contributed by atoms with Crippen LogP contribution in [0, 0.1) is 6.92 Å². The molecule has 1 N–H and O–H groups in total. The van der Waals surface area contributed by atoms with Crippen molar-refractivity contribution in [2.24, 2.45) is 0 Å². The van der Waals surface area contributed by atoms with E-state index < -0.39 is 0 Å². The molecule has 22 heavy (non-hydrogen) atoms. The van der Waals surface area contributed by atoms with Gasteiger partial charge in [0.05, 0.1) is 6.04 Å². The molecule has 2 heterocycles. The summed E-state index contributed by atoms with van der Waals surface area (Å²) in [6, 6.07) is 11.5. The van der Waals surface area contributed by atoms with Gasteiger partial charge < -0.3 is 14.8 Å². The summed E-state index contributed by atoms with van der Waals surface area (Å²) in [7, 11) is 0. The zero-order chi connectivity index (χ0) is 15.7. The first-order chi connectivity index (χ1) is 10.6. The van der Waals surface area contributed by atoms with Gasteiger partial charge in [0.2, 0.25) is 0 Å². The number of hydrogen-bond donors (Lipinski definition) is 1. The summed E-state index contributed by atoms with van der Waals surface area (Å²) in [5.41, 5.74) is 3.24. The maximum atomic E-state index is 12.6. The van der Waals surface area contributed by atoms with E-state index in [0.29, 0.717) is 5.02 Å². The topological polar surface area (TPSA) is 37.3 Å². The highest BCUT2D eigenvalue weighted by atomic mass is 35.5. The molecule has 1 unspecified atom stereocenters. The summed E-state index contributed by atoms with van der Waals surface area (Å²) in [5, 5.41) is 3.62. The van der Waals surface area contributed by atoms with Gasteiger partial charge in [0, 0.05) is 35.2 Å². The van der Waals surface area contributed by atoms with Gasteiger partial charge in [0.25, 0.3) is 0 Å². The van der Waals surface area contributed by atoms with E-state index in [9.17, 15) is 4.79 Å². The molecule has 0 saturated carbocycles. The molecule has 116 valence electrons. The van der Waals surface area contributed by atoms with Gasteiger partial charge in [0.15, 0.2) is 0 Å². The number of benzene rings is 1. The minimum Gasteiger partial charge on any atom is -0.345 e. The van der Waals surface area contributed by atoms with Crippen LogP contribution in [-0.2, 0) is 6.54 Å². The Morgan fingerprint density at radius 2 is 1.95 bits per heavy atom. The number of nitrogens with zero attached hydrogens (tertiary/aromatic N) is 2. The molecule has 0 bridgehead atoms. The van der Waals surface area contributed by atoms with E-state index >= 15 is 0 Å². The van der Waals surface area contributed by atoms with E-state index in [4.69, 9.17) is 11.6 Å². The van der Waals surface area contributed by atoms with Crippen molar-refractivity contribution in [2.45, 2.75) is 32.9 Å². The zero-order valence-electron chi connectivity index (χ0n) is 12.8. The van der Waals surface area contributed by atoms with Crippen LogP contribution in [0.5, 0.6) is 0 Å². The van der Waals surface area contributed by atoms with Crippen molar-refractivity contribution in [2.75, 3.05) is 11.9 Å². The molecule has 1 aliphatic heterocycles. The van der Waals surface area contributed by atoms with Gasteiger partial charge in [-0.15, -0.1) is 0 Å². The van der Waals surface area contributed by atoms with Gasteiger partial charge in [-0.1, -0.05) is 18.5 Å². The number of halogens is 1. The number of amides is 2. The average molecular weight is 318 g/mol. The van der Waals surface area contributed by atoms with E-state index in [-0.39, 0.29) is 12.1 Å². The summed E-state index contributed by atoms with van der Waals surface area (Å²) in [6.45, 7) is 5.80. The summed E-state index contributed by atoms with van der Waals surface area (Å²) < 4.78 is 2.31. The first kappa shape index (κ1) is 15.0. The number of urea groups is 1. The highest BCUT2D eigenvalue weighted by molar-refractivity contribution is 6.30. The van der Waals surface area contributed by atoms with Crippen molar-refractivity contribution >= 4 is 23.3 Å². The van der Waals surface area contributed by atoms with Crippen LogP contribution in [0.1, 0.15) is 30.8 Å². The number of fused-ring (bicyclic) bond motifs is 1. The third-order valence-electron chi connectivity index (χ3n) is 4.26. The molecule has 2 aromatic rings. The number of hydrogen-bond acceptors (Lipinski definition) is 1. The van der Waals surface area contributed by atoms with Crippen LogP contribution in [0.4, 0.5) is 10.5 Å². The largest absolute Gasteiger partial charge is 0.345 e. The maximum absolute atomic E-state index is 12.6. The number of aryl methyl sites for hydroxylation is 1. The molecular weight excluding hydrogens is 298 g/mol. The lowest BCUT2D eigenvalue weighted by molar-refractivity contribution is 0.165. The Bertz CT molecular complexity index is 678. The van der Waals surface area contributed by atoms with E-state index in [2.05, 4.69) is 35.9 Å². The minimum absolute atomic E-state index is 0.0562. The minimum atomic E-state index is -0.0562. The highest BCUT2D eigenvalue weighted by Crippen LogP contribution is 2.30. The Kier molecular flexibility index (Phi) is 4.12. The monoisotopic (exact) mass is 317 g/mol. The summed E-state index contributed by atoms with van der Waals surface area (Å²) in [4.78, 5) is 14.5. The standard InChI is InChI=1S/C17H20ClN3O/c1-3-15-16-9-4-12(2)20(16)10-11-21(15)17(22)19-14-7-5-13(18)6-8-14/h4-9,15H,3,10-11H2,1-2H3,(H,19,22). The van der Waals surface area contributed by atoms with E-state index in [1.165, 1.54) is 11.4 Å². The molecule has 5 heteroatoms. The van der Waals surface area contributed by atoms with Crippen LogP contribution < -0.4 is 5.32 Å². The lowest BCUT2D eigenvalue weighted by Crippen LogP contribution is -2.44. The molecule has 0 spiro atoms. The SMILES string of the molecule is CCC1c2ccc(C)n2CCN1C(=O)Nc1ccc(Cl)cc1. The van der Waals surface area contributed by atoms with Gasteiger partial charge in [-0.05, 0) is 49.7 Å². The number of anilines is 1. The van der Waals surface area contributed by atoms with Crippen molar-refractivity contribution < 1.29 is 4.79 Å². The molecule has 2 amide bonds. The Hall–Kier alpha value is -1.94. The highest BCUT2D eigenvalue weighted by Gasteiger charge is 2.30. The normalized spacial score (nSPS) is 17.2.